The van der Waals surface area contributed by atoms with Gasteiger partial charge in [-0.2, -0.15) is 12.2 Å². The Hall–Kier alpha value is -0.297. The normalized spacial score (nSPS) is 13.8. The number of halogens is 2. The van der Waals surface area contributed by atoms with Gasteiger partial charge in [-0.1, -0.05) is 26.2 Å². The molecule has 0 saturated heterocycles. The van der Waals surface area contributed by atoms with E-state index in [2.05, 4.69) is 37.3 Å². The van der Waals surface area contributed by atoms with Crippen molar-refractivity contribution >= 4 is 0 Å². The van der Waals surface area contributed by atoms with E-state index in [0.29, 0.717) is 0 Å². The van der Waals surface area contributed by atoms with Crippen molar-refractivity contribution in [1.82, 2.24) is 0 Å². The first-order valence-corrected chi connectivity index (χ1v) is 5.41. The van der Waals surface area contributed by atoms with Crippen LogP contribution < -0.4 is 0 Å². The maximum absolute atomic E-state index is 3.30. The van der Waals surface area contributed by atoms with E-state index < -0.39 is 0 Å². The van der Waals surface area contributed by atoms with Crippen LogP contribution in [0.5, 0.6) is 0 Å². The Balaban J connectivity index is -0.000000216. The minimum Gasteiger partial charge on any atom is -0.273 e. The number of unbranched alkanes of at least 4 members (excludes halogenated alkanes) is 1. The Kier molecular flexibility index (Phi) is 20.3. The summed E-state index contributed by atoms with van der Waals surface area (Å²) in [5.74, 6) is 0. The summed E-state index contributed by atoms with van der Waals surface area (Å²) in [6, 6.07) is 0. The molecule has 0 aliphatic heterocycles. The standard InChI is InChI=1S/C9H13.C5H5.2FH.Zr/c1-2-3-6-9-7-4-5-8-9;1-2-4-5-3-1;;;/h4,7H,2-3,5-6H2,1H3;1-3H,4H2;2*1H;/q2*-1;;;+2. The average molecular weight is 318 g/mol. The third-order valence-corrected chi connectivity index (χ3v) is 2.15. The molecule has 0 unspecified atom stereocenters. The van der Waals surface area contributed by atoms with E-state index >= 15 is 0 Å². The maximum Gasteiger partial charge on any atom is 2.00 e. The van der Waals surface area contributed by atoms with E-state index in [1.807, 2.05) is 12.2 Å². The number of hydrogen-bond acceptors (Lipinski definition) is 0. The van der Waals surface area contributed by atoms with Crippen LogP contribution in [0, 0.1) is 12.2 Å². The fraction of sp³-hybridized carbons (Fsp3) is 0.429. The summed E-state index contributed by atoms with van der Waals surface area (Å²) in [4.78, 5) is 0. The van der Waals surface area contributed by atoms with Crippen LogP contribution in [0.1, 0.15) is 39.0 Å². The van der Waals surface area contributed by atoms with E-state index in [1.54, 1.807) is 0 Å². The maximum atomic E-state index is 3.30. The molecular weight excluding hydrogens is 297 g/mol. The third-order valence-electron chi connectivity index (χ3n) is 2.15. The van der Waals surface area contributed by atoms with Gasteiger partial charge in [-0.05, 0) is 0 Å². The molecule has 0 aromatic heterocycles. The Bertz CT molecular complexity index is 255. The smallest absolute Gasteiger partial charge is 0.273 e. The van der Waals surface area contributed by atoms with Crippen LogP contribution in [0.2, 0.25) is 0 Å². The molecule has 0 nitrogen and oxygen atoms in total. The first-order valence-electron chi connectivity index (χ1n) is 5.41. The van der Waals surface area contributed by atoms with Crippen LogP contribution in [0.25, 0.3) is 0 Å². The first kappa shape index (κ1) is 21.9. The van der Waals surface area contributed by atoms with E-state index in [4.69, 9.17) is 0 Å². The minimum absolute atomic E-state index is 0. The van der Waals surface area contributed by atoms with Gasteiger partial charge in [0.1, 0.15) is 0 Å². The predicted octanol–water partition coefficient (Wildman–Crippen LogP) is 4.47. The van der Waals surface area contributed by atoms with Crippen molar-refractivity contribution in [1.29, 1.82) is 0 Å². The molecule has 0 radical (unpaired) electrons. The second kappa shape index (κ2) is 15.7. The zero-order valence-corrected chi connectivity index (χ0v) is 12.7. The predicted molar refractivity (Wildman–Crippen MR) is 66.6 cm³/mol. The number of hydrogen-bond donors (Lipinski definition) is 0. The van der Waals surface area contributed by atoms with Crippen LogP contribution in [0.4, 0.5) is 9.41 Å². The quantitative estimate of drug-likeness (QED) is 0.674. The molecule has 0 atom stereocenters. The second-order valence-electron chi connectivity index (χ2n) is 3.42. The molecular formula is C14H20F2Zr. The summed E-state index contributed by atoms with van der Waals surface area (Å²) in [7, 11) is 0. The van der Waals surface area contributed by atoms with Crippen molar-refractivity contribution in [3.05, 3.63) is 48.1 Å². The molecule has 0 amide bonds. The second-order valence-corrected chi connectivity index (χ2v) is 3.42. The zero-order chi connectivity index (χ0) is 10.1. The van der Waals surface area contributed by atoms with Gasteiger partial charge in [-0.15, -0.1) is 12.8 Å². The van der Waals surface area contributed by atoms with Crippen molar-refractivity contribution in [3.8, 4) is 0 Å². The Morgan fingerprint density at radius 2 is 1.94 bits per heavy atom. The number of rotatable bonds is 3. The van der Waals surface area contributed by atoms with E-state index in [-0.39, 0.29) is 35.6 Å². The van der Waals surface area contributed by atoms with Crippen LogP contribution >= 0.6 is 0 Å². The van der Waals surface area contributed by atoms with Gasteiger partial charge in [0.15, 0.2) is 0 Å². The van der Waals surface area contributed by atoms with Gasteiger partial charge in [-0.3, -0.25) is 21.6 Å². The number of allylic oxidation sites excluding steroid dienone is 8. The monoisotopic (exact) mass is 316 g/mol. The van der Waals surface area contributed by atoms with Gasteiger partial charge in [0.25, 0.3) is 0 Å². The topological polar surface area (TPSA) is 0 Å². The Morgan fingerprint density at radius 3 is 2.29 bits per heavy atom. The van der Waals surface area contributed by atoms with Gasteiger partial charge in [0.2, 0.25) is 0 Å². The van der Waals surface area contributed by atoms with E-state index in [0.717, 1.165) is 12.8 Å². The molecule has 0 bridgehead atoms. The summed E-state index contributed by atoms with van der Waals surface area (Å²) < 4.78 is 0. The molecule has 0 heterocycles. The van der Waals surface area contributed by atoms with Crippen molar-refractivity contribution in [2.45, 2.75) is 39.0 Å². The molecule has 94 valence electrons. The molecule has 2 aliphatic rings. The molecule has 0 aromatic carbocycles. The summed E-state index contributed by atoms with van der Waals surface area (Å²) in [6.07, 6.45) is 22.5. The molecule has 3 heteroatoms. The molecule has 0 saturated carbocycles. The summed E-state index contributed by atoms with van der Waals surface area (Å²) in [5.41, 5.74) is 1.41. The van der Waals surface area contributed by atoms with Crippen molar-refractivity contribution in [2.24, 2.45) is 0 Å². The summed E-state index contributed by atoms with van der Waals surface area (Å²) >= 11 is 0. The Labute approximate surface area is 122 Å². The van der Waals surface area contributed by atoms with Crippen molar-refractivity contribution in [3.63, 3.8) is 0 Å². The average Bonchev–Trinajstić information content (AvgIpc) is 2.90. The summed E-state index contributed by atoms with van der Waals surface area (Å²) in [6.45, 7) is 2.22. The molecule has 0 N–H and O–H groups in total. The molecule has 0 fully saturated rings. The van der Waals surface area contributed by atoms with Crippen molar-refractivity contribution < 1.29 is 35.6 Å². The van der Waals surface area contributed by atoms with Crippen LogP contribution in [-0.2, 0) is 26.2 Å². The van der Waals surface area contributed by atoms with Gasteiger partial charge in [0.05, 0.1) is 0 Å². The van der Waals surface area contributed by atoms with Crippen LogP contribution in [0.15, 0.2) is 36.0 Å². The molecule has 2 aliphatic carbocycles. The van der Waals surface area contributed by atoms with E-state index in [1.165, 1.54) is 24.8 Å². The SMILES string of the molecule is CCCCC1=[C-]CC=C1.F.F.[C-]1=CC=CC1.[Zr+2]. The Morgan fingerprint density at radius 1 is 1.18 bits per heavy atom. The van der Waals surface area contributed by atoms with Gasteiger partial charge < -0.3 is 0 Å². The van der Waals surface area contributed by atoms with Crippen molar-refractivity contribution in [2.75, 3.05) is 0 Å². The fourth-order valence-electron chi connectivity index (χ4n) is 1.33. The minimum atomic E-state index is 0. The van der Waals surface area contributed by atoms with Gasteiger partial charge in [-0.25, -0.2) is 23.8 Å². The largest absolute Gasteiger partial charge is 2.00 e. The molecule has 17 heavy (non-hydrogen) atoms. The van der Waals surface area contributed by atoms with Crippen LogP contribution in [0.3, 0.4) is 0 Å². The molecule has 0 aromatic rings. The zero-order valence-electron chi connectivity index (χ0n) is 10.2. The molecule has 2 rings (SSSR count). The first-order chi connectivity index (χ1) is 6.93. The molecule has 0 spiro atoms. The summed E-state index contributed by atoms with van der Waals surface area (Å²) in [5, 5.41) is 0. The third kappa shape index (κ3) is 12.0. The van der Waals surface area contributed by atoms with E-state index in [9.17, 15) is 0 Å². The fourth-order valence-corrected chi connectivity index (χ4v) is 1.33. The van der Waals surface area contributed by atoms with Crippen LogP contribution in [-0.4, -0.2) is 0 Å². The van der Waals surface area contributed by atoms with Gasteiger partial charge >= 0.3 is 26.2 Å². The van der Waals surface area contributed by atoms with Gasteiger partial charge in [0, 0.05) is 0 Å².